The van der Waals surface area contributed by atoms with Crippen LogP contribution in [0.15, 0.2) is 0 Å². The fourth-order valence-corrected chi connectivity index (χ4v) is 11.0. The standard InChI is InChI=1S/C64H34F48N8O16/c65-49(66,67)1-121-25-17-18(26(122-2-50(68,69)70)34(130-10-58(92,93)94)33(25)129-9-57(89,90)91)42-113-41(17)117-43-19-20(28(124-4-52(74,75)76)36(132-12-60(98,99)100)35(131-11-59(95,96)97)27(19)123-3-51(71,72)73)45(114-43)119-47-23-24(32(128-8-56(86,87)88)40(136-16-64(110,111)112)39(135-15-63(107,108)109)31(23)127-7-55(83,84)85)48(116-47)120-46-22-21(44(115-46)118-42)29(125-5-53(77,78)79)37(133-13-61(101,102)103)38(134-14-62(104,105)106)30(22)126-6-54(80,81)82/h1-16H2,(H2,113,114,115,116,117,118,119,120). The largest absolute Gasteiger partial charge is 0.479 e. The zero-order valence-electron chi connectivity index (χ0n) is 63.7. The number of halogens is 48. The predicted molar refractivity (Wildman–Crippen MR) is 341 cm³/mol. The van der Waals surface area contributed by atoms with Gasteiger partial charge in [0.05, 0.1) is 43.8 Å². The number of rotatable bonds is 32. The second kappa shape index (κ2) is 37.6. The summed E-state index contributed by atoms with van der Waals surface area (Å²) in [5, 5.41) is -10.2. The number of nitrogens with zero attached hydrogens (tertiary/aromatic N) is 6. The molecule has 2 aliphatic rings. The van der Waals surface area contributed by atoms with Gasteiger partial charge in [-0.05, 0) is 0 Å². The van der Waals surface area contributed by atoms with Crippen LogP contribution < -0.4 is 75.8 Å². The summed E-state index contributed by atoms with van der Waals surface area (Å²) in [5.74, 6) is -55.8. The Labute approximate surface area is 712 Å². The highest BCUT2D eigenvalue weighted by Crippen LogP contribution is 2.64. The van der Waals surface area contributed by atoms with E-state index >= 15 is 0 Å². The monoisotopic (exact) mass is 2080 g/mol. The molecule has 0 fully saturated rings. The number of aromatic nitrogens is 8. The molecular formula is C64H34F48N8O16. The quantitative estimate of drug-likeness (QED) is 0.0371. The number of nitrogens with one attached hydrogen (secondary N) is 2. The highest BCUT2D eigenvalue weighted by Gasteiger charge is 2.50. The third kappa shape index (κ3) is 29.8. The maximum Gasteiger partial charge on any atom is 0.422 e. The van der Waals surface area contributed by atoms with Crippen LogP contribution in [0, 0.1) is 0 Å². The molecule has 2 N–H and O–H groups in total. The highest BCUT2D eigenvalue weighted by atomic mass is 19.5. The zero-order valence-corrected chi connectivity index (χ0v) is 63.7. The summed E-state index contributed by atoms with van der Waals surface area (Å²) in [6.07, 6.45) is -101. The lowest BCUT2D eigenvalue weighted by atomic mass is 10.0. The molecule has 0 spiro atoms. The second-order valence-electron chi connectivity index (χ2n) is 26.3. The number of hydrogen-bond donors (Lipinski definition) is 2. The molecule has 136 heavy (non-hydrogen) atoms. The molecule has 72 heteroatoms. The number of alkyl halides is 48. The van der Waals surface area contributed by atoms with E-state index in [9.17, 15) is 211 Å². The Morgan fingerprint density at radius 2 is 0.228 bits per heavy atom. The van der Waals surface area contributed by atoms with E-state index in [0.29, 0.717) is 0 Å². The van der Waals surface area contributed by atoms with Crippen LogP contribution >= 0.6 is 0 Å². The first-order valence-electron chi connectivity index (χ1n) is 34.3. The van der Waals surface area contributed by atoms with Crippen LogP contribution in [-0.2, 0) is 0 Å². The first-order chi connectivity index (χ1) is 61.4. The highest BCUT2D eigenvalue weighted by molar-refractivity contribution is 6.16. The Morgan fingerprint density at radius 3 is 0.338 bits per heavy atom. The Hall–Kier alpha value is -12.3. The molecular weight excluding hydrogens is 2050 g/mol. The lowest BCUT2D eigenvalue weighted by Gasteiger charge is -2.24. The number of ether oxygens (including phenoxy) is 16. The number of fused-ring (bicyclic) bond motifs is 20. The van der Waals surface area contributed by atoms with Gasteiger partial charge in [-0.15, -0.1) is 0 Å². The van der Waals surface area contributed by atoms with Crippen LogP contribution in [0.3, 0.4) is 0 Å². The summed E-state index contributed by atoms with van der Waals surface area (Å²) < 4.78 is 779. The second-order valence-corrected chi connectivity index (χ2v) is 26.3. The van der Waals surface area contributed by atoms with Crippen molar-refractivity contribution in [1.29, 1.82) is 0 Å². The van der Waals surface area contributed by atoms with Crippen LogP contribution in [0.1, 0.15) is 0 Å². The first kappa shape index (κ1) is 107. The van der Waals surface area contributed by atoms with Gasteiger partial charge in [0.2, 0.25) is 46.0 Å². The average molecular weight is 2080 g/mol. The number of aromatic amines is 2. The SMILES string of the molecule is FC(F)(F)COc1c(OCC(F)(F)F)c(OCC(F)(F)F)c2c(c1OCC(F)(F)F)-c1nc-2nc2[nH]c(nc3nc(nc4[nH]c(n1)c1c(OCC(F)(F)F)c(OCC(F)(F)F)c(OCC(F)(F)F)c(OCC(F)(F)F)c41)-c1c(OCC(F)(F)F)c(OCC(F)(F)F)c(OCC(F)(F)F)c(OCC(F)(F)F)c1-3)c1c(OCC(F)(F)F)c(OCC(F)(F)F)c(OCC(F)(F)F)c(OCC(F)(F)F)c21. The minimum absolute atomic E-state index is 1.39. The van der Waals surface area contributed by atoms with Gasteiger partial charge in [0.1, 0.15) is 22.6 Å². The Balaban J connectivity index is 1.90. The van der Waals surface area contributed by atoms with Gasteiger partial charge < -0.3 is 85.8 Å². The molecule has 3 aromatic heterocycles. The van der Waals surface area contributed by atoms with Gasteiger partial charge in [-0.3, -0.25) is 0 Å². The number of hydrogen-bond acceptors (Lipinski definition) is 22. The van der Waals surface area contributed by atoms with Gasteiger partial charge in [-0.2, -0.15) is 211 Å². The maximum absolute atomic E-state index is 14.9. The molecule has 0 atom stereocenters. The van der Waals surface area contributed by atoms with E-state index < -0.39 is 386 Å². The molecule has 8 bridgehead atoms. The zero-order chi connectivity index (χ0) is 103. The summed E-state index contributed by atoms with van der Waals surface area (Å²) in [4.78, 5) is 23.4. The summed E-state index contributed by atoms with van der Waals surface area (Å²) in [5.41, 5.74) is -20.5. The molecule has 4 aromatic carbocycles. The van der Waals surface area contributed by atoms with Gasteiger partial charge >= 0.3 is 98.8 Å². The van der Waals surface area contributed by atoms with Gasteiger partial charge in [0, 0.05) is 0 Å². The summed E-state index contributed by atoms with van der Waals surface area (Å²) in [6.45, 7) is -54.5. The van der Waals surface area contributed by atoms with E-state index in [4.69, 9.17) is 0 Å². The third-order valence-electron chi connectivity index (χ3n) is 15.0. The van der Waals surface area contributed by atoms with Crippen molar-refractivity contribution >= 4 is 44.1 Å². The Bertz CT molecular complexity index is 5000. The van der Waals surface area contributed by atoms with Crippen LogP contribution in [-0.4, -0.2) is 244 Å². The van der Waals surface area contributed by atoms with Gasteiger partial charge in [0.15, 0.2) is 175 Å². The van der Waals surface area contributed by atoms with Gasteiger partial charge in [0.25, 0.3) is 0 Å². The number of H-pyrrole nitrogens is 2. The Kier molecular flexibility index (Phi) is 29.7. The normalized spacial score (nSPS) is 13.8. The lowest BCUT2D eigenvalue weighted by Crippen LogP contribution is -2.25. The fourth-order valence-electron chi connectivity index (χ4n) is 11.0. The van der Waals surface area contributed by atoms with Crippen LogP contribution in [0.5, 0.6) is 92.0 Å². The van der Waals surface area contributed by atoms with Crippen molar-refractivity contribution in [2.45, 2.75) is 98.8 Å². The molecule has 762 valence electrons. The van der Waals surface area contributed by atoms with E-state index in [1.807, 2.05) is 0 Å². The van der Waals surface area contributed by atoms with Crippen molar-refractivity contribution < 1.29 is 287 Å². The van der Waals surface area contributed by atoms with Crippen LogP contribution in [0.25, 0.3) is 89.7 Å². The summed E-state index contributed by atoms with van der Waals surface area (Å²) in [6, 6.07) is 0. The third-order valence-corrected chi connectivity index (χ3v) is 15.0. The molecule has 0 saturated heterocycles. The molecule has 9 rings (SSSR count). The van der Waals surface area contributed by atoms with E-state index in [1.165, 1.54) is 9.97 Å². The number of benzene rings is 4. The van der Waals surface area contributed by atoms with Gasteiger partial charge in [-0.1, -0.05) is 0 Å². The Morgan fingerprint density at radius 1 is 0.132 bits per heavy atom. The topological polar surface area (TPSA) is 257 Å². The summed E-state index contributed by atoms with van der Waals surface area (Å²) >= 11 is 0. The minimum Gasteiger partial charge on any atom is -0.479 e. The maximum atomic E-state index is 14.9. The van der Waals surface area contributed by atoms with Gasteiger partial charge in [-0.25, -0.2) is 29.9 Å². The lowest BCUT2D eigenvalue weighted by molar-refractivity contribution is -0.162. The molecule has 7 aromatic rings. The van der Waals surface area contributed by atoms with Crippen molar-refractivity contribution in [2.75, 3.05) is 106 Å². The minimum atomic E-state index is -6.33. The smallest absolute Gasteiger partial charge is 0.422 e. The van der Waals surface area contributed by atoms with Crippen molar-refractivity contribution in [3.8, 4) is 138 Å². The fraction of sp³-hybridized carbons (Fsp3) is 0.500. The van der Waals surface area contributed by atoms with Crippen LogP contribution in [0.2, 0.25) is 0 Å². The van der Waals surface area contributed by atoms with Crippen molar-refractivity contribution in [2.24, 2.45) is 0 Å². The van der Waals surface area contributed by atoms with E-state index in [0.717, 1.165) is 0 Å². The van der Waals surface area contributed by atoms with Crippen LogP contribution in [0.4, 0.5) is 211 Å². The predicted octanol–water partition coefficient (Wildman–Crippen LogP) is 21.9. The average Bonchev–Trinajstić information content (AvgIpc) is 1.54. The molecule has 24 nitrogen and oxygen atoms in total. The molecule has 0 saturated carbocycles. The van der Waals surface area contributed by atoms with E-state index in [1.54, 1.807) is 0 Å². The molecule has 0 radical (unpaired) electrons. The van der Waals surface area contributed by atoms with Crippen molar-refractivity contribution in [3.05, 3.63) is 0 Å². The first-order valence-corrected chi connectivity index (χ1v) is 34.3. The molecule has 0 aliphatic carbocycles. The molecule has 0 unspecified atom stereocenters. The molecule has 0 amide bonds. The van der Waals surface area contributed by atoms with E-state index in [-0.39, 0.29) is 0 Å². The summed E-state index contributed by atoms with van der Waals surface area (Å²) in [7, 11) is 0. The van der Waals surface area contributed by atoms with E-state index in [2.05, 4.69) is 106 Å². The van der Waals surface area contributed by atoms with Crippen molar-refractivity contribution in [1.82, 2.24) is 39.9 Å². The molecule has 5 heterocycles. The molecule has 2 aliphatic heterocycles. The van der Waals surface area contributed by atoms with Crippen molar-refractivity contribution in [3.63, 3.8) is 0 Å².